The number of nitrogens with one attached hydrogen (secondary N) is 1. The third kappa shape index (κ3) is 3.81. The maximum atomic E-state index is 11.7. The molecule has 0 aliphatic rings. The molecule has 0 radical (unpaired) electrons. The molecule has 1 N–H and O–H groups in total. The molecule has 0 bridgehead atoms. The van der Waals surface area contributed by atoms with Gasteiger partial charge in [0, 0.05) is 16.6 Å². The van der Waals surface area contributed by atoms with Gasteiger partial charge in [-0.3, -0.25) is 4.79 Å². The molecule has 1 aromatic rings. The number of amides is 1. The number of hydrogen-bond acceptors (Lipinski definition) is 1. The third-order valence-electron chi connectivity index (χ3n) is 2.27. The lowest BCUT2D eigenvalue weighted by molar-refractivity contribution is 0.0954. The average molecular weight is 282 g/mol. The fourth-order valence-electron chi connectivity index (χ4n) is 1.27. The lowest BCUT2D eigenvalue weighted by Crippen LogP contribution is -2.24. The van der Waals surface area contributed by atoms with Crippen molar-refractivity contribution >= 4 is 21.8 Å². The van der Waals surface area contributed by atoms with Crippen LogP contribution in [0.15, 0.2) is 34.8 Å². The van der Waals surface area contributed by atoms with Crippen molar-refractivity contribution in [3.05, 3.63) is 46.0 Å². The largest absolute Gasteiger partial charge is 0.352 e. The Morgan fingerprint density at radius 1 is 1.50 bits per heavy atom. The van der Waals surface area contributed by atoms with Crippen molar-refractivity contribution in [3.8, 4) is 0 Å². The lowest BCUT2D eigenvalue weighted by atomic mass is 10.1. The van der Waals surface area contributed by atoms with E-state index in [9.17, 15) is 4.79 Å². The number of allylic oxidation sites excluding steroid dienone is 1. The Morgan fingerprint density at radius 2 is 2.25 bits per heavy atom. The molecule has 0 fully saturated rings. The highest BCUT2D eigenvalue weighted by molar-refractivity contribution is 9.10. The first kappa shape index (κ1) is 13.0. The Kier molecular flexibility index (Phi) is 5.26. The van der Waals surface area contributed by atoms with E-state index in [0.717, 1.165) is 16.5 Å². The van der Waals surface area contributed by atoms with Gasteiger partial charge in [0.1, 0.15) is 0 Å². The number of aryl methyl sites for hydroxylation is 1. The van der Waals surface area contributed by atoms with E-state index < -0.39 is 0 Å². The van der Waals surface area contributed by atoms with E-state index in [0.29, 0.717) is 12.1 Å². The zero-order valence-electron chi connectivity index (χ0n) is 9.59. The van der Waals surface area contributed by atoms with Crippen molar-refractivity contribution in [2.75, 3.05) is 6.54 Å². The zero-order valence-corrected chi connectivity index (χ0v) is 11.2. The molecule has 0 atom stereocenters. The Morgan fingerprint density at radius 3 is 2.88 bits per heavy atom. The number of carbonyl (C=O) groups is 1. The quantitative estimate of drug-likeness (QED) is 0.665. The van der Waals surface area contributed by atoms with Gasteiger partial charge < -0.3 is 5.32 Å². The van der Waals surface area contributed by atoms with Gasteiger partial charge in [-0.2, -0.15) is 0 Å². The van der Waals surface area contributed by atoms with Gasteiger partial charge in [-0.15, -0.1) is 0 Å². The second-order valence-corrected chi connectivity index (χ2v) is 4.43. The first-order chi connectivity index (χ1) is 7.65. The predicted octanol–water partition coefficient (Wildman–Crippen LogP) is 3.45. The van der Waals surface area contributed by atoms with Crippen molar-refractivity contribution < 1.29 is 4.79 Å². The van der Waals surface area contributed by atoms with Crippen LogP contribution in [0.3, 0.4) is 0 Å². The Balaban J connectivity index is 2.56. The van der Waals surface area contributed by atoms with Crippen molar-refractivity contribution in [1.82, 2.24) is 5.32 Å². The Bertz CT molecular complexity index is 399. The molecule has 0 heterocycles. The fourth-order valence-corrected chi connectivity index (χ4v) is 1.65. The standard InChI is InChI=1S/C13H16BrNO/c1-3-4-5-8-15-13(16)11-7-6-10(2)12(14)9-11/h3-4,6-7,9H,5,8H2,1-2H3,(H,15,16)/b4-3+. The third-order valence-corrected chi connectivity index (χ3v) is 3.12. The van der Waals surface area contributed by atoms with Crippen LogP contribution in [0, 0.1) is 6.92 Å². The van der Waals surface area contributed by atoms with E-state index in [1.54, 1.807) is 0 Å². The van der Waals surface area contributed by atoms with Gasteiger partial charge in [0.25, 0.3) is 5.91 Å². The molecule has 86 valence electrons. The van der Waals surface area contributed by atoms with Gasteiger partial charge in [-0.05, 0) is 38.0 Å². The van der Waals surface area contributed by atoms with E-state index in [1.807, 2.05) is 44.2 Å². The molecular weight excluding hydrogens is 266 g/mol. The molecule has 3 heteroatoms. The molecule has 2 nitrogen and oxygen atoms in total. The first-order valence-electron chi connectivity index (χ1n) is 5.30. The van der Waals surface area contributed by atoms with Gasteiger partial charge >= 0.3 is 0 Å². The van der Waals surface area contributed by atoms with Crippen LogP contribution in [0.4, 0.5) is 0 Å². The van der Waals surface area contributed by atoms with Crippen LogP contribution < -0.4 is 5.32 Å². The second kappa shape index (κ2) is 6.48. The highest BCUT2D eigenvalue weighted by atomic mass is 79.9. The molecule has 0 aliphatic heterocycles. The first-order valence-corrected chi connectivity index (χ1v) is 6.10. The molecular formula is C13H16BrNO. The maximum absolute atomic E-state index is 11.7. The number of benzene rings is 1. The number of hydrogen-bond donors (Lipinski definition) is 1. The minimum Gasteiger partial charge on any atom is -0.352 e. The predicted molar refractivity (Wildman–Crippen MR) is 70.6 cm³/mol. The molecule has 0 aliphatic carbocycles. The maximum Gasteiger partial charge on any atom is 0.251 e. The summed E-state index contributed by atoms with van der Waals surface area (Å²) in [6.07, 6.45) is 4.88. The van der Waals surface area contributed by atoms with Gasteiger partial charge in [0.05, 0.1) is 0 Å². The van der Waals surface area contributed by atoms with E-state index in [1.165, 1.54) is 0 Å². The van der Waals surface area contributed by atoms with Crippen LogP contribution in [0.2, 0.25) is 0 Å². The summed E-state index contributed by atoms with van der Waals surface area (Å²) in [5, 5.41) is 2.87. The van der Waals surface area contributed by atoms with Crippen molar-refractivity contribution in [2.24, 2.45) is 0 Å². The summed E-state index contributed by atoms with van der Waals surface area (Å²) in [6, 6.07) is 5.62. The fraction of sp³-hybridized carbons (Fsp3) is 0.308. The highest BCUT2D eigenvalue weighted by Gasteiger charge is 2.05. The lowest BCUT2D eigenvalue weighted by Gasteiger charge is -2.05. The highest BCUT2D eigenvalue weighted by Crippen LogP contribution is 2.17. The molecule has 0 unspecified atom stereocenters. The molecule has 1 aromatic carbocycles. The number of halogens is 1. The number of rotatable bonds is 4. The minimum absolute atomic E-state index is 0.0230. The summed E-state index contributed by atoms with van der Waals surface area (Å²) in [4.78, 5) is 11.7. The SMILES string of the molecule is C/C=C/CCNC(=O)c1ccc(C)c(Br)c1. The molecule has 1 amide bonds. The summed E-state index contributed by atoms with van der Waals surface area (Å²) < 4.78 is 0.966. The van der Waals surface area contributed by atoms with Gasteiger partial charge in [0.2, 0.25) is 0 Å². The average Bonchev–Trinajstić information content (AvgIpc) is 2.28. The molecule has 1 rings (SSSR count). The molecule has 0 spiro atoms. The van der Waals surface area contributed by atoms with E-state index in [2.05, 4.69) is 21.2 Å². The normalized spacial score (nSPS) is 10.7. The summed E-state index contributed by atoms with van der Waals surface area (Å²) in [5.41, 5.74) is 1.82. The van der Waals surface area contributed by atoms with Gasteiger partial charge in [-0.25, -0.2) is 0 Å². The molecule has 0 saturated heterocycles. The van der Waals surface area contributed by atoms with Crippen LogP contribution in [0.25, 0.3) is 0 Å². The van der Waals surface area contributed by atoms with Gasteiger partial charge in [0.15, 0.2) is 0 Å². The topological polar surface area (TPSA) is 29.1 Å². The van der Waals surface area contributed by atoms with Crippen LogP contribution >= 0.6 is 15.9 Å². The van der Waals surface area contributed by atoms with Crippen molar-refractivity contribution in [1.29, 1.82) is 0 Å². The van der Waals surface area contributed by atoms with Crippen molar-refractivity contribution in [3.63, 3.8) is 0 Å². The summed E-state index contributed by atoms with van der Waals surface area (Å²) in [7, 11) is 0. The molecule has 16 heavy (non-hydrogen) atoms. The molecule has 0 aromatic heterocycles. The second-order valence-electron chi connectivity index (χ2n) is 3.58. The Hall–Kier alpha value is -1.09. The zero-order chi connectivity index (χ0) is 12.0. The van der Waals surface area contributed by atoms with Crippen LogP contribution in [0.1, 0.15) is 29.3 Å². The number of carbonyl (C=O) groups excluding carboxylic acids is 1. The van der Waals surface area contributed by atoms with Crippen molar-refractivity contribution in [2.45, 2.75) is 20.3 Å². The minimum atomic E-state index is -0.0230. The smallest absolute Gasteiger partial charge is 0.251 e. The van der Waals surface area contributed by atoms with Gasteiger partial charge in [-0.1, -0.05) is 34.1 Å². The van der Waals surface area contributed by atoms with Crippen LogP contribution in [-0.4, -0.2) is 12.5 Å². The van der Waals surface area contributed by atoms with E-state index >= 15 is 0 Å². The molecule has 0 saturated carbocycles. The monoisotopic (exact) mass is 281 g/mol. The van der Waals surface area contributed by atoms with E-state index in [4.69, 9.17) is 0 Å². The Labute approximate surface area is 105 Å². The van der Waals surface area contributed by atoms with E-state index in [-0.39, 0.29) is 5.91 Å². The van der Waals surface area contributed by atoms with Crippen LogP contribution in [0.5, 0.6) is 0 Å². The summed E-state index contributed by atoms with van der Waals surface area (Å²) in [6.45, 7) is 4.64. The summed E-state index contributed by atoms with van der Waals surface area (Å²) in [5.74, 6) is -0.0230. The summed E-state index contributed by atoms with van der Waals surface area (Å²) >= 11 is 3.42. The van der Waals surface area contributed by atoms with Crippen LogP contribution in [-0.2, 0) is 0 Å².